The van der Waals surface area contributed by atoms with Crippen LogP contribution in [-0.4, -0.2) is 49.2 Å². The smallest absolute Gasteiger partial charge is 0.251 e. The van der Waals surface area contributed by atoms with Gasteiger partial charge in [-0.05, 0) is 44.0 Å². The van der Waals surface area contributed by atoms with Crippen LogP contribution in [0.1, 0.15) is 28.8 Å². The molecule has 1 aromatic rings. The summed E-state index contributed by atoms with van der Waals surface area (Å²) in [4.78, 5) is 14.8. The number of amides is 1. The highest BCUT2D eigenvalue weighted by Crippen LogP contribution is 2.22. The molecule has 5 heteroatoms. The van der Waals surface area contributed by atoms with Gasteiger partial charge in [0.1, 0.15) is 0 Å². The van der Waals surface area contributed by atoms with Gasteiger partial charge >= 0.3 is 0 Å². The van der Waals surface area contributed by atoms with Crippen molar-refractivity contribution in [1.29, 1.82) is 0 Å². The molecule has 2 fully saturated rings. The third-order valence-electron chi connectivity index (χ3n) is 4.40. The Bertz CT molecular complexity index is 535. The van der Waals surface area contributed by atoms with Crippen molar-refractivity contribution in [3.05, 3.63) is 33.8 Å². The Kier molecular flexibility index (Phi) is 4.62. The predicted octanol–water partition coefficient (Wildman–Crippen LogP) is 2.35. The molecule has 3 rings (SSSR count). The second-order valence-corrected chi connectivity index (χ2v) is 6.83. The van der Waals surface area contributed by atoms with Crippen molar-refractivity contribution >= 4 is 21.8 Å². The summed E-state index contributed by atoms with van der Waals surface area (Å²) in [6, 6.07) is 6.36. The fourth-order valence-electron chi connectivity index (χ4n) is 3.15. The molecule has 1 N–H and O–H groups in total. The molecule has 0 spiro atoms. The number of ether oxygens (including phenoxy) is 1. The lowest BCUT2D eigenvalue weighted by Gasteiger charge is -2.35. The number of hydrogen-bond acceptors (Lipinski definition) is 3. The molecule has 0 aliphatic carbocycles. The van der Waals surface area contributed by atoms with Crippen LogP contribution in [0, 0.1) is 6.92 Å². The summed E-state index contributed by atoms with van der Waals surface area (Å²) in [5.41, 5.74) is 1.71. The Hall–Kier alpha value is -0.910. The van der Waals surface area contributed by atoms with Gasteiger partial charge in [-0.1, -0.05) is 22.0 Å². The Morgan fingerprint density at radius 3 is 3.24 bits per heavy atom. The minimum absolute atomic E-state index is 0.0269. The van der Waals surface area contributed by atoms with Gasteiger partial charge in [0.2, 0.25) is 0 Å². The molecular formula is C16H21BrN2O2. The standard InChI is InChI=1S/C16H21BrN2O2/c1-11-4-5-12(17)7-15(11)16(20)18-8-14-9-19-6-2-3-13(19)10-21-14/h4-5,7,13-14H,2-3,6,8-10H2,1H3,(H,18,20). The van der Waals surface area contributed by atoms with E-state index in [1.807, 2.05) is 25.1 Å². The van der Waals surface area contributed by atoms with Crippen molar-refractivity contribution in [2.75, 3.05) is 26.2 Å². The summed E-state index contributed by atoms with van der Waals surface area (Å²) in [5.74, 6) is -0.0269. The molecule has 0 radical (unpaired) electrons. The van der Waals surface area contributed by atoms with Crippen molar-refractivity contribution in [3.63, 3.8) is 0 Å². The first-order valence-electron chi connectivity index (χ1n) is 7.53. The van der Waals surface area contributed by atoms with Gasteiger partial charge in [0, 0.05) is 29.2 Å². The van der Waals surface area contributed by atoms with Gasteiger partial charge in [-0.3, -0.25) is 9.69 Å². The molecule has 0 aromatic heterocycles. The quantitative estimate of drug-likeness (QED) is 0.907. The third-order valence-corrected chi connectivity index (χ3v) is 4.89. The number of rotatable bonds is 3. The summed E-state index contributed by atoms with van der Waals surface area (Å²) in [6.07, 6.45) is 2.62. The zero-order chi connectivity index (χ0) is 14.8. The topological polar surface area (TPSA) is 41.6 Å². The predicted molar refractivity (Wildman–Crippen MR) is 85.5 cm³/mol. The number of carbonyl (C=O) groups is 1. The van der Waals surface area contributed by atoms with Crippen LogP contribution >= 0.6 is 15.9 Å². The molecule has 2 atom stereocenters. The van der Waals surface area contributed by atoms with Gasteiger partial charge in [-0.15, -0.1) is 0 Å². The molecule has 1 amide bonds. The number of nitrogens with zero attached hydrogens (tertiary/aromatic N) is 1. The Labute approximate surface area is 134 Å². The minimum Gasteiger partial charge on any atom is -0.373 e. The number of carbonyl (C=O) groups excluding carboxylic acids is 1. The SMILES string of the molecule is Cc1ccc(Br)cc1C(=O)NCC1CN2CCCC2CO1. The zero-order valence-corrected chi connectivity index (χ0v) is 13.9. The van der Waals surface area contributed by atoms with Crippen LogP contribution in [0.25, 0.3) is 0 Å². The average Bonchev–Trinajstić information content (AvgIpc) is 2.94. The summed E-state index contributed by atoms with van der Waals surface area (Å²) in [7, 11) is 0. The molecule has 2 unspecified atom stereocenters. The lowest BCUT2D eigenvalue weighted by atomic mass is 10.1. The number of morpholine rings is 1. The summed E-state index contributed by atoms with van der Waals surface area (Å²) < 4.78 is 6.79. The maximum atomic E-state index is 12.3. The van der Waals surface area contributed by atoms with E-state index in [-0.39, 0.29) is 12.0 Å². The third kappa shape index (κ3) is 3.47. The van der Waals surface area contributed by atoms with Gasteiger partial charge in [0.15, 0.2) is 0 Å². The molecule has 2 aliphatic rings. The highest BCUT2D eigenvalue weighted by atomic mass is 79.9. The molecule has 0 bridgehead atoms. The molecular weight excluding hydrogens is 332 g/mol. The molecule has 2 heterocycles. The zero-order valence-electron chi connectivity index (χ0n) is 12.3. The summed E-state index contributed by atoms with van der Waals surface area (Å²) in [6.45, 7) is 5.43. The van der Waals surface area contributed by atoms with Crippen LogP contribution in [0.4, 0.5) is 0 Å². The van der Waals surface area contributed by atoms with Crippen LogP contribution in [0.2, 0.25) is 0 Å². The molecule has 0 saturated carbocycles. The number of nitrogens with one attached hydrogen (secondary N) is 1. The highest BCUT2D eigenvalue weighted by molar-refractivity contribution is 9.10. The second kappa shape index (κ2) is 6.46. The molecule has 1 aromatic carbocycles. The average molecular weight is 353 g/mol. The monoisotopic (exact) mass is 352 g/mol. The van der Waals surface area contributed by atoms with Crippen LogP contribution in [0.5, 0.6) is 0 Å². The molecule has 4 nitrogen and oxygen atoms in total. The minimum atomic E-state index is -0.0269. The number of hydrogen-bond donors (Lipinski definition) is 1. The normalized spacial score (nSPS) is 25.6. The lowest BCUT2D eigenvalue weighted by molar-refractivity contribution is -0.0461. The van der Waals surface area contributed by atoms with Crippen LogP contribution in [0.3, 0.4) is 0 Å². The number of fused-ring (bicyclic) bond motifs is 1. The summed E-state index contributed by atoms with van der Waals surface area (Å²) in [5, 5.41) is 3.01. The molecule has 21 heavy (non-hydrogen) atoms. The molecule has 114 valence electrons. The van der Waals surface area contributed by atoms with Crippen molar-refractivity contribution in [2.45, 2.75) is 31.9 Å². The van der Waals surface area contributed by atoms with E-state index in [9.17, 15) is 4.79 Å². The van der Waals surface area contributed by atoms with Gasteiger partial charge < -0.3 is 10.1 Å². The van der Waals surface area contributed by atoms with Gasteiger partial charge in [-0.25, -0.2) is 0 Å². The van der Waals surface area contributed by atoms with Gasteiger partial charge in [0.05, 0.1) is 12.7 Å². The largest absolute Gasteiger partial charge is 0.373 e. The van der Waals surface area contributed by atoms with Gasteiger partial charge in [0.25, 0.3) is 5.91 Å². The Morgan fingerprint density at radius 1 is 1.52 bits per heavy atom. The summed E-state index contributed by atoms with van der Waals surface area (Å²) >= 11 is 3.41. The maximum absolute atomic E-state index is 12.3. The molecule has 2 aliphatic heterocycles. The fraction of sp³-hybridized carbons (Fsp3) is 0.562. The number of aryl methyl sites for hydroxylation is 1. The van der Waals surface area contributed by atoms with E-state index in [2.05, 4.69) is 26.1 Å². The van der Waals surface area contributed by atoms with Crippen LogP contribution in [0.15, 0.2) is 22.7 Å². The first kappa shape index (κ1) is 15.0. The lowest BCUT2D eigenvalue weighted by Crippen LogP contribution is -2.50. The van der Waals surface area contributed by atoms with Crippen molar-refractivity contribution in [3.8, 4) is 0 Å². The van der Waals surface area contributed by atoms with E-state index in [1.165, 1.54) is 19.4 Å². The van der Waals surface area contributed by atoms with E-state index in [4.69, 9.17) is 4.74 Å². The van der Waals surface area contributed by atoms with Crippen molar-refractivity contribution in [2.24, 2.45) is 0 Å². The van der Waals surface area contributed by atoms with E-state index >= 15 is 0 Å². The van der Waals surface area contributed by atoms with E-state index in [0.717, 1.165) is 28.8 Å². The Balaban J connectivity index is 1.55. The van der Waals surface area contributed by atoms with E-state index < -0.39 is 0 Å². The number of benzene rings is 1. The van der Waals surface area contributed by atoms with Crippen molar-refractivity contribution < 1.29 is 9.53 Å². The Morgan fingerprint density at radius 2 is 2.38 bits per heavy atom. The highest BCUT2D eigenvalue weighted by Gasteiger charge is 2.32. The van der Waals surface area contributed by atoms with Crippen LogP contribution < -0.4 is 5.32 Å². The van der Waals surface area contributed by atoms with E-state index in [0.29, 0.717) is 12.6 Å². The maximum Gasteiger partial charge on any atom is 0.251 e. The van der Waals surface area contributed by atoms with E-state index in [1.54, 1.807) is 0 Å². The first-order chi connectivity index (χ1) is 10.1. The van der Waals surface area contributed by atoms with Gasteiger partial charge in [-0.2, -0.15) is 0 Å². The fourth-order valence-corrected chi connectivity index (χ4v) is 3.51. The van der Waals surface area contributed by atoms with Crippen LogP contribution in [-0.2, 0) is 4.74 Å². The van der Waals surface area contributed by atoms with Crippen molar-refractivity contribution in [1.82, 2.24) is 10.2 Å². The second-order valence-electron chi connectivity index (χ2n) is 5.92. The molecule has 2 saturated heterocycles. The number of halogens is 1. The first-order valence-corrected chi connectivity index (χ1v) is 8.33.